The summed E-state index contributed by atoms with van der Waals surface area (Å²) in [6.07, 6.45) is 0.275. The Balaban J connectivity index is 1.73. The summed E-state index contributed by atoms with van der Waals surface area (Å²) in [7, 11) is -3.98. The van der Waals surface area contributed by atoms with Gasteiger partial charge in [-0.25, -0.2) is 13.2 Å². The number of aromatic nitrogens is 1. The smallest absolute Gasteiger partial charge is 0.408 e. The molecule has 1 fully saturated rings. The predicted molar refractivity (Wildman–Crippen MR) is 105 cm³/mol. The molecule has 28 heavy (non-hydrogen) atoms. The van der Waals surface area contributed by atoms with Crippen LogP contribution in [0, 0.1) is 0 Å². The van der Waals surface area contributed by atoms with Crippen LogP contribution in [0.4, 0.5) is 0 Å². The normalized spacial score (nSPS) is 20.8. The Morgan fingerprint density at radius 3 is 2.64 bits per heavy atom. The number of β-amino-alcohol motifs (C(OH)–C–C–N with tert-alkyl or cyclic N) is 1. The fraction of sp³-hybridized carbons (Fsp3) is 0.316. The number of oxazole rings is 1. The van der Waals surface area contributed by atoms with Crippen LogP contribution in [-0.4, -0.2) is 35.5 Å². The number of fused-ring (bicyclic) bond motifs is 1. The van der Waals surface area contributed by atoms with Crippen molar-refractivity contribution < 1.29 is 17.9 Å². The number of sulfonamides is 1. The fourth-order valence-electron chi connectivity index (χ4n) is 3.65. The van der Waals surface area contributed by atoms with E-state index in [4.69, 9.17) is 16.0 Å². The molecule has 2 aromatic carbocycles. The van der Waals surface area contributed by atoms with E-state index in [1.165, 1.54) is 21.0 Å². The van der Waals surface area contributed by atoms with Gasteiger partial charge in [0.1, 0.15) is 10.5 Å². The van der Waals surface area contributed by atoms with Gasteiger partial charge in [0.05, 0.1) is 10.5 Å². The Morgan fingerprint density at radius 1 is 1.25 bits per heavy atom. The topological polar surface area (TPSA) is 92.8 Å². The van der Waals surface area contributed by atoms with Gasteiger partial charge in [-0.2, -0.15) is 4.31 Å². The van der Waals surface area contributed by atoms with Crippen molar-refractivity contribution in [3.8, 4) is 0 Å². The summed E-state index contributed by atoms with van der Waals surface area (Å²) in [5.74, 6) is -0.567. The Bertz CT molecular complexity index is 1200. The fourth-order valence-corrected chi connectivity index (χ4v) is 5.65. The number of nitrogens with zero attached hydrogens (tertiary/aromatic N) is 2. The number of rotatable bonds is 4. The molecule has 0 amide bonds. The Morgan fingerprint density at radius 2 is 1.96 bits per heavy atom. The number of hydrogen-bond donors (Lipinski definition) is 1. The summed E-state index contributed by atoms with van der Waals surface area (Å²) in [5.41, 5.74) is 0.00879. The highest BCUT2D eigenvalue weighted by atomic mass is 35.5. The molecule has 9 heteroatoms. The van der Waals surface area contributed by atoms with Crippen molar-refractivity contribution >= 4 is 32.7 Å². The highest BCUT2D eigenvalue weighted by Gasteiger charge is 2.43. The van der Waals surface area contributed by atoms with E-state index < -0.39 is 21.4 Å². The molecule has 0 spiro atoms. The van der Waals surface area contributed by atoms with Crippen LogP contribution in [0.1, 0.15) is 18.9 Å². The second kappa shape index (κ2) is 6.73. The lowest BCUT2D eigenvalue weighted by Crippen LogP contribution is -2.34. The maximum atomic E-state index is 13.2. The van der Waals surface area contributed by atoms with Gasteiger partial charge < -0.3 is 9.52 Å². The van der Waals surface area contributed by atoms with Crippen molar-refractivity contribution in [2.75, 3.05) is 13.1 Å². The first-order valence-electron chi connectivity index (χ1n) is 8.87. The molecule has 148 valence electrons. The van der Waals surface area contributed by atoms with Crippen molar-refractivity contribution in [1.29, 1.82) is 0 Å². The van der Waals surface area contributed by atoms with Crippen molar-refractivity contribution in [3.63, 3.8) is 0 Å². The van der Waals surface area contributed by atoms with Gasteiger partial charge in [-0.1, -0.05) is 41.9 Å². The number of halogens is 1. The van der Waals surface area contributed by atoms with Crippen LogP contribution in [0.5, 0.6) is 0 Å². The molecule has 1 aliphatic heterocycles. The summed E-state index contributed by atoms with van der Waals surface area (Å²) in [4.78, 5) is 11.8. The molecule has 2 heterocycles. The minimum atomic E-state index is -3.98. The maximum absolute atomic E-state index is 13.2. The van der Waals surface area contributed by atoms with Crippen LogP contribution in [0.3, 0.4) is 0 Å². The number of benzene rings is 2. The minimum Gasteiger partial charge on any atom is -0.408 e. The van der Waals surface area contributed by atoms with Gasteiger partial charge >= 0.3 is 5.76 Å². The van der Waals surface area contributed by atoms with Gasteiger partial charge in [0, 0.05) is 25.7 Å². The quantitative estimate of drug-likeness (QED) is 0.697. The van der Waals surface area contributed by atoms with E-state index in [2.05, 4.69) is 0 Å². The van der Waals surface area contributed by atoms with E-state index in [9.17, 15) is 18.3 Å². The van der Waals surface area contributed by atoms with E-state index >= 15 is 0 Å². The maximum Gasteiger partial charge on any atom is 0.419 e. The van der Waals surface area contributed by atoms with E-state index in [1.54, 1.807) is 31.2 Å². The molecular weight excluding hydrogens is 404 g/mol. The number of hydrogen-bond acceptors (Lipinski definition) is 5. The van der Waals surface area contributed by atoms with E-state index in [1.807, 2.05) is 6.07 Å². The zero-order valence-electron chi connectivity index (χ0n) is 15.1. The van der Waals surface area contributed by atoms with Crippen LogP contribution in [0.15, 0.2) is 56.6 Å². The SMILES string of the molecule is CCn1c(=O)oc2cc(S(=O)(=O)N3CC[C@@](O)(c4ccccc4)C3)c(Cl)cc21. The molecule has 4 rings (SSSR count). The number of aliphatic hydroxyl groups is 1. The van der Waals surface area contributed by atoms with Crippen LogP contribution in [0.2, 0.25) is 5.02 Å². The zero-order valence-corrected chi connectivity index (χ0v) is 16.7. The summed E-state index contributed by atoms with van der Waals surface area (Å²) in [5, 5.41) is 11.0. The van der Waals surface area contributed by atoms with Crippen molar-refractivity contribution in [1.82, 2.24) is 8.87 Å². The van der Waals surface area contributed by atoms with Gasteiger partial charge in [0.25, 0.3) is 0 Å². The van der Waals surface area contributed by atoms with Crippen LogP contribution in [-0.2, 0) is 22.2 Å². The molecule has 0 saturated carbocycles. The lowest BCUT2D eigenvalue weighted by atomic mass is 9.93. The second-order valence-electron chi connectivity index (χ2n) is 6.85. The summed E-state index contributed by atoms with van der Waals surface area (Å²) in [6, 6.07) is 11.7. The highest BCUT2D eigenvalue weighted by molar-refractivity contribution is 7.89. The molecule has 1 aliphatic rings. The molecule has 0 radical (unpaired) electrons. The third-order valence-corrected chi connectivity index (χ3v) is 7.49. The van der Waals surface area contributed by atoms with E-state index in [0.29, 0.717) is 17.6 Å². The van der Waals surface area contributed by atoms with Crippen molar-refractivity contribution in [2.24, 2.45) is 0 Å². The number of aryl methyl sites for hydroxylation is 1. The summed E-state index contributed by atoms with van der Waals surface area (Å²) < 4.78 is 34.1. The predicted octanol–water partition coefficient (Wildman–Crippen LogP) is 2.55. The van der Waals surface area contributed by atoms with Crippen LogP contribution >= 0.6 is 11.6 Å². The summed E-state index contributed by atoms with van der Waals surface area (Å²) in [6.45, 7) is 2.24. The van der Waals surface area contributed by atoms with Gasteiger partial charge in [0.2, 0.25) is 10.0 Å². The molecule has 1 saturated heterocycles. The molecule has 3 aromatic rings. The second-order valence-corrected chi connectivity index (χ2v) is 9.16. The van der Waals surface area contributed by atoms with Gasteiger partial charge in [-0.05, 0) is 25.0 Å². The first kappa shape index (κ1) is 19.2. The average Bonchev–Trinajstić information content (AvgIpc) is 3.22. The third kappa shape index (κ3) is 2.97. The monoisotopic (exact) mass is 422 g/mol. The van der Waals surface area contributed by atoms with Crippen LogP contribution < -0.4 is 5.76 Å². The first-order chi connectivity index (χ1) is 13.3. The Kier molecular flexibility index (Phi) is 4.62. The first-order valence-corrected chi connectivity index (χ1v) is 10.7. The van der Waals surface area contributed by atoms with Crippen molar-refractivity contribution in [2.45, 2.75) is 30.4 Å². The van der Waals surface area contributed by atoms with Crippen LogP contribution in [0.25, 0.3) is 11.1 Å². The standard InChI is InChI=1S/C19H19ClN2O5S/c1-2-22-15-10-14(20)17(11-16(15)27-18(22)23)28(25,26)21-9-8-19(24,12-21)13-6-4-3-5-7-13/h3-7,10-11,24H,2,8-9,12H2,1H3/t19-/m0/s1. The van der Waals surface area contributed by atoms with E-state index in [-0.39, 0.29) is 35.0 Å². The molecular formula is C19H19ClN2O5S. The minimum absolute atomic E-state index is 0.00523. The molecule has 0 bridgehead atoms. The van der Waals surface area contributed by atoms with Gasteiger partial charge in [0.15, 0.2) is 5.58 Å². The average molecular weight is 423 g/mol. The Labute approximate surface area is 166 Å². The lowest BCUT2D eigenvalue weighted by Gasteiger charge is -2.24. The molecule has 1 atom stereocenters. The summed E-state index contributed by atoms with van der Waals surface area (Å²) >= 11 is 6.27. The third-order valence-electron chi connectivity index (χ3n) is 5.18. The van der Waals surface area contributed by atoms with Gasteiger partial charge in [-0.3, -0.25) is 4.57 Å². The van der Waals surface area contributed by atoms with E-state index in [0.717, 1.165) is 0 Å². The molecule has 0 unspecified atom stereocenters. The van der Waals surface area contributed by atoms with Gasteiger partial charge in [-0.15, -0.1) is 0 Å². The molecule has 0 aliphatic carbocycles. The Hall–Kier alpha value is -2.13. The highest BCUT2D eigenvalue weighted by Crippen LogP contribution is 2.37. The largest absolute Gasteiger partial charge is 0.419 e. The zero-order chi connectivity index (χ0) is 20.1. The van der Waals surface area contributed by atoms with Crippen molar-refractivity contribution in [3.05, 3.63) is 63.6 Å². The molecule has 1 aromatic heterocycles. The lowest BCUT2D eigenvalue weighted by molar-refractivity contribution is 0.0531. The molecule has 7 nitrogen and oxygen atoms in total. The molecule has 1 N–H and O–H groups in total.